The van der Waals surface area contributed by atoms with Crippen LogP contribution in [0.3, 0.4) is 0 Å². The Hall–Kier alpha value is -1.62. The van der Waals surface area contributed by atoms with E-state index in [0.717, 1.165) is 18.9 Å². The second-order valence-corrected chi connectivity index (χ2v) is 5.29. The van der Waals surface area contributed by atoms with Crippen LogP contribution in [0.1, 0.15) is 36.0 Å². The number of rotatable bonds is 4. The van der Waals surface area contributed by atoms with E-state index >= 15 is 0 Å². The van der Waals surface area contributed by atoms with Gasteiger partial charge in [0.1, 0.15) is 5.82 Å². The molecule has 1 fully saturated rings. The summed E-state index contributed by atoms with van der Waals surface area (Å²) < 4.78 is 13.7. The third kappa shape index (κ3) is 3.28. The maximum atomic E-state index is 13.7. The first kappa shape index (κ1) is 14.8. The number of halogens is 2. The Morgan fingerprint density at radius 3 is 2.90 bits per heavy atom. The van der Waals surface area contributed by atoms with Crippen LogP contribution in [0.5, 0.6) is 0 Å². The topological polar surface area (TPSA) is 57.6 Å². The zero-order valence-electron chi connectivity index (χ0n) is 10.8. The molecule has 108 valence electrons. The average molecular weight is 300 g/mol. The summed E-state index contributed by atoms with van der Waals surface area (Å²) in [6.45, 7) is 0.523. The van der Waals surface area contributed by atoms with Gasteiger partial charge in [0.2, 0.25) is 0 Å². The number of likely N-dealkylation sites (tertiary alicyclic amines) is 1. The fourth-order valence-electron chi connectivity index (χ4n) is 2.51. The largest absolute Gasteiger partial charge is 0.481 e. The first-order valence-electron chi connectivity index (χ1n) is 6.47. The molecule has 0 aliphatic carbocycles. The van der Waals surface area contributed by atoms with E-state index in [2.05, 4.69) is 0 Å². The maximum Gasteiger partial charge on any atom is 0.303 e. The van der Waals surface area contributed by atoms with Crippen LogP contribution in [-0.4, -0.2) is 34.5 Å². The van der Waals surface area contributed by atoms with Crippen molar-refractivity contribution in [2.45, 2.75) is 31.7 Å². The molecule has 1 aromatic rings. The minimum absolute atomic E-state index is 0.00642. The second kappa shape index (κ2) is 6.22. The van der Waals surface area contributed by atoms with E-state index in [4.69, 9.17) is 16.7 Å². The van der Waals surface area contributed by atoms with Gasteiger partial charge in [0, 0.05) is 24.0 Å². The molecule has 0 radical (unpaired) electrons. The van der Waals surface area contributed by atoms with Gasteiger partial charge in [0.05, 0.1) is 5.56 Å². The average Bonchev–Trinajstić information content (AvgIpc) is 2.86. The van der Waals surface area contributed by atoms with Gasteiger partial charge in [-0.2, -0.15) is 0 Å². The van der Waals surface area contributed by atoms with Crippen LogP contribution in [0.25, 0.3) is 0 Å². The summed E-state index contributed by atoms with van der Waals surface area (Å²) in [6, 6.07) is 3.72. The first-order valence-corrected chi connectivity index (χ1v) is 6.84. The summed E-state index contributed by atoms with van der Waals surface area (Å²) in [4.78, 5) is 24.5. The van der Waals surface area contributed by atoms with Crippen molar-refractivity contribution in [3.63, 3.8) is 0 Å². The number of carboxylic acids is 1. The van der Waals surface area contributed by atoms with Crippen LogP contribution in [0.4, 0.5) is 4.39 Å². The smallest absolute Gasteiger partial charge is 0.303 e. The zero-order valence-corrected chi connectivity index (χ0v) is 11.6. The minimum atomic E-state index is -0.891. The molecule has 0 bridgehead atoms. The quantitative estimate of drug-likeness (QED) is 0.930. The SMILES string of the molecule is O=C(O)CCC1CCCN1C(=O)c1cc(Cl)ccc1F. The summed E-state index contributed by atoms with van der Waals surface area (Å²) in [5.74, 6) is -1.92. The summed E-state index contributed by atoms with van der Waals surface area (Å²) in [5.41, 5.74) is -0.0558. The first-order chi connectivity index (χ1) is 9.49. The fraction of sp³-hybridized carbons (Fsp3) is 0.429. The molecule has 6 heteroatoms. The van der Waals surface area contributed by atoms with Gasteiger partial charge in [-0.05, 0) is 37.5 Å². The lowest BCUT2D eigenvalue weighted by atomic mass is 10.1. The number of carboxylic acid groups (broad SMARTS) is 1. The highest BCUT2D eigenvalue weighted by Gasteiger charge is 2.30. The van der Waals surface area contributed by atoms with Gasteiger partial charge in [0.15, 0.2) is 0 Å². The summed E-state index contributed by atoms with van der Waals surface area (Å²) in [5, 5.41) is 9.02. The molecule has 1 unspecified atom stereocenters. The van der Waals surface area contributed by atoms with Crippen molar-refractivity contribution in [3.05, 3.63) is 34.6 Å². The molecule has 2 rings (SSSR count). The zero-order chi connectivity index (χ0) is 14.7. The molecule has 1 heterocycles. The fourth-order valence-corrected chi connectivity index (χ4v) is 2.68. The van der Waals surface area contributed by atoms with Crippen LogP contribution < -0.4 is 0 Å². The molecule has 1 saturated heterocycles. The van der Waals surface area contributed by atoms with E-state index in [-0.39, 0.29) is 18.0 Å². The van der Waals surface area contributed by atoms with Gasteiger partial charge < -0.3 is 10.0 Å². The van der Waals surface area contributed by atoms with Crippen molar-refractivity contribution in [1.82, 2.24) is 4.90 Å². The standard InChI is InChI=1S/C14H15ClFNO3/c15-9-3-5-12(16)11(8-9)14(20)17-7-1-2-10(17)4-6-13(18)19/h3,5,8,10H,1-2,4,6-7H2,(H,18,19). The molecule has 1 N–H and O–H groups in total. The van der Waals surface area contributed by atoms with E-state index in [1.165, 1.54) is 12.1 Å². The van der Waals surface area contributed by atoms with Crippen LogP contribution in [-0.2, 0) is 4.79 Å². The van der Waals surface area contributed by atoms with Crippen molar-refractivity contribution in [2.75, 3.05) is 6.54 Å². The van der Waals surface area contributed by atoms with E-state index in [1.807, 2.05) is 0 Å². The van der Waals surface area contributed by atoms with Gasteiger partial charge in [-0.1, -0.05) is 11.6 Å². The lowest BCUT2D eigenvalue weighted by Crippen LogP contribution is -2.36. The Morgan fingerprint density at radius 2 is 2.20 bits per heavy atom. The summed E-state index contributed by atoms with van der Waals surface area (Å²) in [7, 11) is 0. The highest BCUT2D eigenvalue weighted by Crippen LogP contribution is 2.25. The maximum absolute atomic E-state index is 13.7. The molecule has 1 aromatic carbocycles. The molecule has 4 nitrogen and oxygen atoms in total. The van der Waals surface area contributed by atoms with Crippen LogP contribution >= 0.6 is 11.6 Å². The van der Waals surface area contributed by atoms with Crippen molar-refractivity contribution in [2.24, 2.45) is 0 Å². The van der Waals surface area contributed by atoms with Gasteiger partial charge in [-0.3, -0.25) is 9.59 Å². The number of amides is 1. The lowest BCUT2D eigenvalue weighted by Gasteiger charge is -2.24. The number of nitrogens with zero attached hydrogens (tertiary/aromatic N) is 1. The number of benzene rings is 1. The normalized spacial score (nSPS) is 18.3. The van der Waals surface area contributed by atoms with Gasteiger partial charge in [-0.25, -0.2) is 4.39 Å². The van der Waals surface area contributed by atoms with E-state index in [9.17, 15) is 14.0 Å². The molecule has 1 atom stereocenters. The van der Waals surface area contributed by atoms with Crippen LogP contribution in [0, 0.1) is 5.82 Å². The number of hydrogen-bond acceptors (Lipinski definition) is 2. The Morgan fingerprint density at radius 1 is 1.45 bits per heavy atom. The van der Waals surface area contributed by atoms with Crippen LogP contribution in [0.2, 0.25) is 5.02 Å². The number of aliphatic carboxylic acids is 1. The van der Waals surface area contributed by atoms with E-state index in [0.29, 0.717) is 18.0 Å². The van der Waals surface area contributed by atoms with Crippen molar-refractivity contribution in [3.8, 4) is 0 Å². The molecule has 0 aromatic heterocycles. The van der Waals surface area contributed by atoms with E-state index < -0.39 is 17.7 Å². The third-order valence-electron chi connectivity index (χ3n) is 3.49. The molecular weight excluding hydrogens is 285 g/mol. The monoisotopic (exact) mass is 299 g/mol. The van der Waals surface area contributed by atoms with Crippen molar-refractivity contribution in [1.29, 1.82) is 0 Å². The number of carbonyl (C=O) groups excluding carboxylic acids is 1. The summed E-state index contributed by atoms with van der Waals surface area (Å²) >= 11 is 5.79. The molecule has 1 aliphatic rings. The highest BCUT2D eigenvalue weighted by atomic mass is 35.5. The predicted octanol–water partition coefficient (Wildman–Crippen LogP) is 2.95. The Balaban J connectivity index is 2.14. The molecule has 20 heavy (non-hydrogen) atoms. The Labute approximate surface area is 121 Å². The molecule has 1 amide bonds. The van der Waals surface area contributed by atoms with E-state index in [1.54, 1.807) is 4.90 Å². The molecule has 0 spiro atoms. The summed E-state index contributed by atoms with van der Waals surface area (Å²) in [6.07, 6.45) is 1.95. The van der Waals surface area contributed by atoms with Crippen LogP contribution in [0.15, 0.2) is 18.2 Å². The Bertz CT molecular complexity index is 535. The van der Waals surface area contributed by atoms with Gasteiger partial charge in [-0.15, -0.1) is 0 Å². The third-order valence-corrected chi connectivity index (χ3v) is 3.72. The second-order valence-electron chi connectivity index (χ2n) is 4.85. The number of hydrogen-bond donors (Lipinski definition) is 1. The Kier molecular flexibility index (Phi) is 4.60. The van der Waals surface area contributed by atoms with Gasteiger partial charge in [0.25, 0.3) is 5.91 Å². The number of carbonyl (C=O) groups is 2. The van der Waals surface area contributed by atoms with Crippen molar-refractivity contribution < 1.29 is 19.1 Å². The van der Waals surface area contributed by atoms with Crippen molar-refractivity contribution >= 4 is 23.5 Å². The highest BCUT2D eigenvalue weighted by molar-refractivity contribution is 6.31. The van der Waals surface area contributed by atoms with Gasteiger partial charge >= 0.3 is 5.97 Å². The minimum Gasteiger partial charge on any atom is -0.481 e. The lowest BCUT2D eigenvalue weighted by molar-refractivity contribution is -0.137. The molecule has 0 saturated carbocycles. The molecule has 1 aliphatic heterocycles. The predicted molar refractivity (Wildman–Crippen MR) is 72.3 cm³/mol. The molecular formula is C14H15ClFNO3.